The third-order valence-electron chi connectivity index (χ3n) is 5.18. The van der Waals surface area contributed by atoms with E-state index in [-0.39, 0.29) is 5.91 Å². The van der Waals surface area contributed by atoms with Crippen molar-refractivity contribution in [3.05, 3.63) is 92.3 Å². The van der Waals surface area contributed by atoms with Crippen molar-refractivity contribution in [3.8, 4) is 11.5 Å². The number of carbonyl (C=O) groups excluding carboxylic acids is 1. The molecule has 3 aromatic carbocycles. The summed E-state index contributed by atoms with van der Waals surface area (Å²) in [5.41, 5.74) is 4.87. The molecule has 7 heteroatoms. The van der Waals surface area contributed by atoms with E-state index in [1.54, 1.807) is 12.0 Å². The molecule has 0 N–H and O–H groups in total. The average Bonchev–Trinajstić information content (AvgIpc) is 3.06. The minimum atomic E-state index is -0.119. The number of thiocarbonyl (C=S) groups is 1. The van der Waals surface area contributed by atoms with Crippen molar-refractivity contribution in [1.82, 2.24) is 0 Å². The van der Waals surface area contributed by atoms with E-state index in [0.717, 1.165) is 32.4 Å². The Kier molecular flexibility index (Phi) is 7.22. The fourth-order valence-electron chi connectivity index (χ4n) is 3.52. The van der Waals surface area contributed by atoms with Crippen LogP contribution in [0.3, 0.4) is 0 Å². The second kappa shape index (κ2) is 10.1. The molecule has 0 radical (unpaired) electrons. The predicted molar refractivity (Wildman–Crippen MR) is 143 cm³/mol. The zero-order valence-electron chi connectivity index (χ0n) is 18.4. The number of rotatable bonds is 6. The first-order valence-electron chi connectivity index (χ1n) is 10.3. The first kappa shape index (κ1) is 23.5. The fourth-order valence-corrected chi connectivity index (χ4v) is 5.07. The van der Waals surface area contributed by atoms with Gasteiger partial charge in [-0.25, -0.2) is 0 Å². The highest BCUT2D eigenvalue weighted by molar-refractivity contribution is 9.10. The average molecular weight is 541 g/mol. The van der Waals surface area contributed by atoms with Crippen LogP contribution in [0.4, 0.5) is 5.69 Å². The van der Waals surface area contributed by atoms with Gasteiger partial charge in [0.15, 0.2) is 15.8 Å². The minimum Gasteiger partial charge on any atom is -0.493 e. The largest absolute Gasteiger partial charge is 0.493 e. The summed E-state index contributed by atoms with van der Waals surface area (Å²) in [7, 11) is 1.60. The quantitative estimate of drug-likeness (QED) is 0.247. The van der Waals surface area contributed by atoms with Crippen molar-refractivity contribution < 1.29 is 14.3 Å². The standard InChI is InChI=1S/C26H22BrNO3S2/c1-16-4-10-21(17(2)12-16)28-25(29)24(33-26(28)32)14-19-7-11-22(23(13-19)30-3)31-15-18-5-8-20(27)9-6-18/h4-14H,15H2,1-3H3/b24-14+. The summed E-state index contributed by atoms with van der Waals surface area (Å²) in [5, 5.41) is 0. The highest BCUT2D eigenvalue weighted by atomic mass is 79.9. The van der Waals surface area contributed by atoms with E-state index >= 15 is 0 Å². The molecule has 1 aliphatic rings. The van der Waals surface area contributed by atoms with Gasteiger partial charge in [0.05, 0.1) is 17.7 Å². The molecule has 1 aliphatic heterocycles. The number of hydrogen-bond donors (Lipinski definition) is 0. The van der Waals surface area contributed by atoms with Crippen LogP contribution in [0.25, 0.3) is 6.08 Å². The van der Waals surface area contributed by atoms with Crippen LogP contribution in [0.2, 0.25) is 0 Å². The van der Waals surface area contributed by atoms with Crippen LogP contribution in [0.5, 0.6) is 11.5 Å². The Bertz CT molecular complexity index is 1250. The summed E-state index contributed by atoms with van der Waals surface area (Å²) >= 11 is 10.3. The molecule has 1 amide bonds. The Morgan fingerprint density at radius 1 is 1.03 bits per heavy atom. The normalized spacial score (nSPS) is 14.8. The van der Waals surface area contributed by atoms with Gasteiger partial charge in [-0.05, 0) is 66.9 Å². The van der Waals surface area contributed by atoms with Crippen molar-refractivity contribution >= 4 is 61.9 Å². The molecule has 168 valence electrons. The van der Waals surface area contributed by atoms with E-state index in [2.05, 4.69) is 22.0 Å². The van der Waals surface area contributed by atoms with Gasteiger partial charge in [0.1, 0.15) is 6.61 Å². The summed E-state index contributed by atoms with van der Waals surface area (Å²) in [5.74, 6) is 1.12. The second-order valence-electron chi connectivity index (χ2n) is 7.63. The van der Waals surface area contributed by atoms with Gasteiger partial charge in [0.25, 0.3) is 5.91 Å². The molecule has 1 heterocycles. The van der Waals surface area contributed by atoms with E-state index in [1.165, 1.54) is 11.8 Å². The second-order valence-corrected chi connectivity index (χ2v) is 10.2. The monoisotopic (exact) mass is 539 g/mol. The maximum atomic E-state index is 13.2. The van der Waals surface area contributed by atoms with Crippen LogP contribution < -0.4 is 14.4 Å². The van der Waals surface area contributed by atoms with Gasteiger partial charge < -0.3 is 9.47 Å². The first-order chi connectivity index (χ1) is 15.9. The number of carbonyl (C=O) groups is 1. The van der Waals surface area contributed by atoms with E-state index in [1.807, 2.05) is 74.5 Å². The molecule has 0 aromatic heterocycles. The van der Waals surface area contributed by atoms with Crippen molar-refractivity contribution in [2.75, 3.05) is 12.0 Å². The van der Waals surface area contributed by atoms with Crippen LogP contribution >= 0.6 is 39.9 Å². The molecule has 0 aliphatic carbocycles. The highest BCUT2D eigenvalue weighted by Crippen LogP contribution is 2.38. The zero-order valence-corrected chi connectivity index (χ0v) is 21.6. The van der Waals surface area contributed by atoms with Gasteiger partial charge in [0.2, 0.25) is 0 Å². The van der Waals surface area contributed by atoms with Crippen LogP contribution in [0.15, 0.2) is 70.0 Å². The number of anilines is 1. The van der Waals surface area contributed by atoms with Crippen LogP contribution in [-0.2, 0) is 11.4 Å². The fraction of sp³-hybridized carbons (Fsp3) is 0.154. The lowest BCUT2D eigenvalue weighted by atomic mass is 10.1. The highest BCUT2D eigenvalue weighted by Gasteiger charge is 2.34. The van der Waals surface area contributed by atoms with Gasteiger partial charge in [-0.2, -0.15) is 0 Å². The number of nitrogens with zero attached hydrogens (tertiary/aromatic N) is 1. The molecule has 0 atom stereocenters. The summed E-state index contributed by atoms with van der Waals surface area (Å²) in [6, 6.07) is 19.6. The molecule has 0 unspecified atom stereocenters. The lowest BCUT2D eigenvalue weighted by molar-refractivity contribution is -0.113. The number of benzene rings is 3. The van der Waals surface area contributed by atoms with E-state index in [0.29, 0.717) is 27.3 Å². The van der Waals surface area contributed by atoms with Gasteiger partial charge >= 0.3 is 0 Å². The van der Waals surface area contributed by atoms with Crippen molar-refractivity contribution in [2.45, 2.75) is 20.5 Å². The summed E-state index contributed by atoms with van der Waals surface area (Å²) in [6.45, 7) is 4.45. The number of ether oxygens (including phenoxy) is 2. The van der Waals surface area contributed by atoms with Crippen molar-refractivity contribution in [1.29, 1.82) is 0 Å². The molecule has 4 nitrogen and oxygen atoms in total. The summed E-state index contributed by atoms with van der Waals surface area (Å²) in [6.07, 6.45) is 1.84. The number of thioether (sulfide) groups is 1. The Labute approximate surface area is 211 Å². The van der Waals surface area contributed by atoms with Crippen LogP contribution in [0, 0.1) is 13.8 Å². The van der Waals surface area contributed by atoms with Gasteiger partial charge in [-0.1, -0.05) is 75.8 Å². The van der Waals surface area contributed by atoms with Gasteiger partial charge in [-0.3, -0.25) is 9.69 Å². The molecule has 0 spiro atoms. The molecule has 1 fully saturated rings. The Hall–Kier alpha value is -2.61. The minimum absolute atomic E-state index is 0.119. The molecule has 3 aromatic rings. The topological polar surface area (TPSA) is 38.8 Å². The number of halogens is 1. The number of methoxy groups -OCH3 is 1. The maximum Gasteiger partial charge on any atom is 0.270 e. The van der Waals surface area contributed by atoms with E-state index < -0.39 is 0 Å². The number of hydrogen-bond acceptors (Lipinski definition) is 5. The SMILES string of the molecule is COc1cc(/C=C2/SC(=S)N(c3ccc(C)cc3C)C2=O)ccc1OCc1ccc(Br)cc1. The summed E-state index contributed by atoms with van der Waals surface area (Å²) in [4.78, 5) is 15.3. The Morgan fingerprint density at radius 3 is 2.48 bits per heavy atom. The van der Waals surface area contributed by atoms with Crippen LogP contribution in [-0.4, -0.2) is 17.3 Å². The van der Waals surface area contributed by atoms with Gasteiger partial charge in [-0.15, -0.1) is 0 Å². The molecule has 0 bridgehead atoms. The third-order valence-corrected chi connectivity index (χ3v) is 7.01. The molecule has 33 heavy (non-hydrogen) atoms. The molecular formula is C26H22BrNO3S2. The number of aryl methyl sites for hydroxylation is 2. The first-order valence-corrected chi connectivity index (χ1v) is 12.3. The Balaban J connectivity index is 1.54. The number of amides is 1. The molecule has 1 saturated heterocycles. The lowest BCUT2D eigenvalue weighted by Crippen LogP contribution is -2.28. The molecule has 4 rings (SSSR count). The zero-order chi connectivity index (χ0) is 23.5. The predicted octanol–water partition coefficient (Wildman–Crippen LogP) is 7.06. The third kappa shape index (κ3) is 5.32. The molecule has 0 saturated carbocycles. The van der Waals surface area contributed by atoms with E-state index in [4.69, 9.17) is 21.7 Å². The van der Waals surface area contributed by atoms with Crippen LogP contribution in [0.1, 0.15) is 22.3 Å². The summed E-state index contributed by atoms with van der Waals surface area (Å²) < 4.78 is 13.0. The smallest absolute Gasteiger partial charge is 0.270 e. The van der Waals surface area contributed by atoms with Gasteiger partial charge in [0, 0.05) is 4.47 Å². The van der Waals surface area contributed by atoms with E-state index in [9.17, 15) is 4.79 Å². The Morgan fingerprint density at radius 2 is 1.79 bits per heavy atom. The molecular weight excluding hydrogens is 518 g/mol. The van der Waals surface area contributed by atoms with Crippen molar-refractivity contribution in [3.63, 3.8) is 0 Å². The lowest BCUT2D eigenvalue weighted by Gasteiger charge is -2.17. The maximum absolute atomic E-state index is 13.2. The van der Waals surface area contributed by atoms with Crippen molar-refractivity contribution in [2.24, 2.45) is 0 Å².